The zero-order valence-electron chi connectivity index (χ0n) is 20.8. The summed E-state index contributed by atoms with van der Waals surface area (Å²) in [5, 5.41) is 13.1. The highest BCUT2D eigenvalue weighted by atomic mass is 35.5. The second kappa shape index (κ2) is 12.0. The summed E-state index contributed by atoms with van der Waals surface area (Å²) < 4.78 is 22.0. The van der Waals surface area contributed by atoms with E-state index in [4.69, 9.17) is 30.5 Å². The molecule has 1 amide bonds. The van der Waals surface area contributed by atoms with Crippen molar-refractivity contribution in [3.8, 4) is 34.8 Å². The molecule has 7 nitrogen and oxygen atoms in total. The van der Waals surface area contributed by atoms with E-state index in [2.05, 4.69) is 5.32 Å². The third-order valence-corrected chi connectivity index (χ3v) is 6.02. The van der Waals surface area contributed by atoms with Gasteiger partial charge in [-0.05, 0) is 73.0 Å². The number of nitrogens with zero attached hydrogens (tertiary/aromatic N) is 1. The van der Waals surface area contributed by atoms with Crippen molar-refractivity contribution in [2.75, 3.05) is 21.3 Å². The zero-order chi connectivity index (χ0) is 26.2. The van der Waals surface area contributed by atoms with Gasteiger partial charge in [0.1, 0.15) is 23.1 Å². The van der Waals surface area contributed by atoms with Crippen LogP contribution in [0.15, 0.2) is 54.1 Å². The quantitative estimate of drug-likeness (QED) is 0.283. The van der Waals surface area contributed by atoms with Gasteiger partial charge in [0, 0.05) is 17.1 Å². The third-order valence-electron chi connectivity index (χ3n) is 5.42. The van der Waals surface area contributed by atoms with Crippen molar-refractivity contribution in [3.05, 3.63) is 81.4 Å². The largest absolute Gasteiger partial charge is 0.493 e. The highest BCUT2D eigenvalue weighted by Gasteiger charge is 2.17. The fourth-order valence-corrected chi connectivity index (χ4v) is 3.71. The first-order chi connectivity index (χ1) is 17.3. The van der Waals surface area contributed by atoms with Crippen LogP contribution in [-0.4, -0.2) is 27.2 Å². The van der Waals surface area contributed by atoms with E-state index >= 15 is 0 Å². The Labute approximate surface area is 215 Å². The van der Waals surface area contributed by atoms with E-state index in [1.165, 1.54) is 27.4 Å². The van der Waals surface area contributed by atoms with E-state index in [0.29, 0.717) is 34.3 Å². The molecule has 3 aromatic carbocycles. The van der Waals surface area contributed by atoms with Crippen LogP contribution in [0.5, 0.6) is 28.7 Å². The first-order valence-electron chi connectivity index (χ1n) is 11.0. The van der Waals surface area contributed by atoms with Crippen LogP contribution in [0.25, 0.3) is 6.08 Å². The lowest BCUT2D eigenvalue weighted by molar-refractivity contribution is -0.117. The maximum absolute atomic E-state index is 12.7. The number of methoxy groups -OCH3 is 3. The van der Waals surface area contributed by atoms with Crippen LogP contribution in [0, 0.1) is 25.2 Å². The molecule has 0 heterocycles. The van der Waals surface area contributed by atoms with E-state index in [-0.39, 0.29) is 12.1 Å². The molecule has 0 saturated carbocycles. The summed E-state index contributed by atoms with van der Waals surface area (Å²) in [7, 11) is 4.47. The maximum Gasteiger partial charge on any atom is 0.262 e. The molecule has 0 saturated heterocycles. The minimum absolute atomic E-state index is 0.0750. The van der Waals surface area contributed by atoms with Crippen LogP contribution < -0.4 is 24.3 Å². The summed E-state index contributed by atoms with van der Waals surface area (Å²) in [6, 6.07) is 16.4. The summed E-state index contributed by atoms with van der Waals surface area (Å²) in [6.07, 6.45) is 1.45. The molecule has 186 valence electrons. The van der Waals surface area contributed by atoms with Crippen LogP contribution >= 0.6 is 11.6 Å². The van der Waals surface area contributed by atoms with Gasteiger partial charge < -0.3 is 24.3 Å². The Balaban J connectivity index is 1.69. The Bertz CT molecular complexity index is 1300. The van der Waals surface area contributed by atoms with Gasteiger partial charge in [0.25, 0.3) is 5.91 Å². The molecule has 0 bridgehead atoms. The topological polar surface area (TPSA) is 89.8 Å². The van der Waals surface area contributed by atoms with Gasteiger partial charge in [-0.3, -0.25) is 4.79 Å². The van der Waals surface area contributed by atoms with Gasteiger partial charge in [0.2, 0.25) is 5.75 Å². The molecule has 0 fully saturated rings. The predicted octanol–water partition coefficient (Wildman–Crippen LogP) is 6.00. The number of benzene rings is 3. The summed E-state index contributed by atoms with van der Waals surface area (Å²) >= 11 is 6.22. The summed E-state index contributed by atoms with van der Waals surface area (Å²) in [5.74, 6) is 2.05. The van der Waals surface area contributed by atoms with Gasteiger partial charge >= 0.3 is 0 Å². The molecule has 0 aliphatic carbocycles. The second-order valence-electron chi connectivity index (χ2n) is 7.89. The van der Waals surface area contributed by atoms with Crippen molar-refractivity contribution in [1.82, 2.24) is 5.32 Å². The number of amides is 1. The molecule has 0 atom stereocenters. The maximum atomic E-state index is 12.7. The second-order valence-corrected chi connectivity index (χ2v) is 8.27. The van der Waals surface area contributed by atoms with E-state index in [1.54, 1.807) is 12.1 Å². The normalized spacial score (nSPS) is 10.9. The average Bonchev–Trinajstić information content (AvgIpc) is 2.89. The third kappa shape index (κ3) is 6.09. The van der Waals surface area contributed by atoms with E-state index < -0.39 is 5.91 Å². The van der Waals surface area contributed by atoms with Crippen LogP contribution in [0.4, 0.5) is 0 Å². The van der Waals surface area contributed by atoms with Gasteiger partial charge in [-0.15, -0.1) is 0 Å². The molecule has 3 aromatic rings. The molecule has 3 rings (SSSR count). The number of aryl methyl sites for hydroxylation is 2. The van der Waals surface area contributed by atoms with Gasteiger partial charge in [-0.25, -0.2) is 0 Å². The fraction of sp³-hybridized carbons (Fsp3) is 0.214. The Morgan fingerprint density at radius 3 is 2.14 bits per heavy atom. The van der Waals surface area contributed by atoms with Crippen LogP contribution in [0.1, 0.15) is 22.3 Å². The Hall–Kier alpha value is -4.15. The molecule has 0 unspecified atom stereocenters. The Morgan fingerprint density at radius 2 is 1.58 bits per heavy atom. The molecule has 0 aliphatic heterocycles. The molecule has 0 aromatic heterocycles. The zero-order valence-corrected chi connectivity index (χ0v) is 21.5. The van der Waals surface area contributed by atoms with Crippen molar-refractivity contribution >= 4 is 23.6 Å². The minimum Gasteiger partial charge on any atom is -0.493 e. The number of nitrogens with one attached hydrogen (secondary N) is 1. The molecule has 36 heavy (non-hydrogen) atoms. The molecular weight excluding hydrogens is 480 g/mol. The standard InChI is InChI=1S/C28H27ClN2O5/c1-17-12-23(13-18(2)25(17)29)36-22-9-6-19(7-10-22)16-31-28(32)21(15-30)14-20-8-11-24(33-3)27(35-5)26(20)34-4/h6-14H,16H2,1-5H3,(H,31,32)/b21-14+. The first-order valence-corrected chi connectivity index (χ1v) is 11.4. The first kappa shape index (κ1) is 26.5. The molecular formula is C28H27ClN2O5. The predicted molar refractivity (Wildman–Crippen MR) is 139 cm³/mol. The Morgan fingerprint density at radius 1 is 0.944 bits per heavy atom. The monoisotopic (exact) mass is 506 g/mol. The lowest BCUT2D eigenvalue weighted by atomic mass is 10.1. The van der Waals surface area contributed by atoms with Crippen molar-refractivity contribution in [2.24, 2.45) is 0 Å². The fourth-order valence-electron chi connectivity index (χ4n) is 3.60. The smallest absolute Gasteiger partial charge is 0.262 e. The lowest BCUT2D eigenvalue weighted by Gasteiger charge is -2.14. The number of carbonyl (C=O) groups is 1. The number of nitriles is 1. The van der Waals surface area contributed by atoms with E-state index in [1.807, 2.05) is 56.3 Å². The van der Waals surface area contributed by atoms with Crippen LogP contribution in [-0.2, 0) is 11.3 Å². The van der Waals surface area contributed by atoms with Crippen molar-refractivity contribution in [3.63, 3.8) is 0 Å². The summed E-state index contributed by atoms with van der Waals surface area (Å²) in [5.41, 5.74) is 3.17. The number of halogens is 1. The highest BCUT2D eigenvalue weighted by molar-refractivity contribution is 6.32. The van der Waals surface area contributed by atoms with Gasteiger partial charge in [0.15, 0.2) is 11.5 Å². The van der Waals surface area contributed by atoms with Crippen molar-refractivity contribution in [2.45, 2.75) is 20.4 Å². The van der Waals surface area contributed by atoms with Crippen LogP contribution in [0.3, 0.4) is 0 Å². The number of rotatable bonds is 9. The summed E-state index contributed by atoms with van der Waals surface area (Å²) in [6.45, 7) is 4.10. The number of hydrogen-bond acceptors (Lipinski definition) is 6. The number of ether oxygens (including phenoxy) is 4. The molecule has 8 heteroatoms. The lowest BCUT2D eigenvalue weighted by Crippen LogP contribution is -2.23. The minimum atomic E-state index is -0.512. The number of carbonyl (C=O) groups excluding carboxylic acids is 1. The molecule has 1 N–H and O–H groups in total. The SMILES string of the molecule is COc1ccc(/C=C(\C#N)C(=O)NCc2ccc(Oc3cc(C)c(Cl)c(C)c3)cc2)c(OC)c1OC. The summed E-state index contributed by atoms with van der Waals surface area (Å²) in [4.78, 5) is 12.7. The average molecular weight is 507 g/mol. The van der Waals surface area contributed by atoms with Gasteiger partial charge in [-0.1, -0.05) is 23.7 Å². The van der Waals surface area contributed by atoms with Gasteiger partial charge in [0.05, 0.1) is 21.3 Å². The molecule has 0 aliphatic rings. The highest BCUT2D eigenvalue weighted by Crippen LogP contribution is 2.40. The van der Waals surface area contributed by atoms with Crippen molar-refractivity contribution in [1.29, 1.82) is 5.26 Å². The molecule has 0 radical (unpaired) electrons. The van der Waals surface area contributed by atoms with Crippen LogP contribution in [0.2, 0.25) is 5.02 Å². The van der Waals surface area contributed by atoms with E-state index in [0.717, 1.165) is 21.7 Å². The van der Waals surface area contributed by atoms with Crippen molar-refractivity contribution < 1.29 is 23.7 Å². The molecule has 0 spiro atoms. The van der Waals surface area contributed by atoms with Gasteiger partial charge in [-0.2, -0.15) is 5.26 Å². The number of hydrogen-bond donors (Lipinski definition) is 1. The van der Waals surface area contributed by atoms with E-state index in [9.17, 15) is 10.1 Å². The Kier molecular flexibility index (Phi) is 8.82.